The smallest absolute Gasteiger partial charge is 0.111 e. The van der Waals surface area contributed by atoms with Crippen LogP contribution < -0.4 is 0 Å². The molecule has 4 heterocycles. The van der Waals surface area contributed by atoms with Gasteiger partial charge in [0.05, 0.1) is 0 Å². The summed E-state index contributed by atoms with van der Waals surface area (Å²) in [6, 6.07) is 0. The molecule has 0 fully saturated rings. The van der Waals surface area contributed by atoms with Crippen molar-refractivity contribution in [2.45, 2.75) is 63.9 Å². The summed E-state index contributed by atoms with van der Waals surface area (Å²) in [5, 5.41) is 0. The molecule has 4 aliphatic heterocycles. The van der Waals surface area contributed by atoms with E-state index in [2.05, 4.69) is 65.8 Å². The summed E-state index contributed by atoms with van der Waals surface area (Å²) in [7, 11) is 0. The second-order valence-corrected chi connectivity index (χ2v) is 8.05. The first kappa shape index (κ1) is 13.1. The van der Waals surface area contributed by atoms with Gasteiger partial charge in [0.15, 0.2) is 0 Å². The van der Waals surface area contributed by atoms with Gasteiger partial charge in [-0.1, -0.05) is 0 Å². The van der Waals surface area contributed by atoms with Gasteiger partial charge in [-0.05, 0) is 99.2 Å². The van der Waals surface area contributed by atoms with Crippen LogP contribution in [0, 0.1) is 13.8 Å². The van der Waals surface area contributed by atoms with Gasteiger partial charge in [-0.15, -0.1) is 0 Å². The molecule has 0 spiro atoms. The summed E-state index contributed by atoms with van der Waals surface area (Å²) in [6.07, 6.45) is 8.90. The van der Waals surface area contributed by atoms with Crippen LogP contribution in [0.1, 0.15) is 61.1 Å². The minimum atomic E-state index is -0.295. The lowest BCUT2D eigenvalue weighted by molar-refractivity contribution is -0.0537. The van der Waals surface area contributed by atoms with Gasteiger partial charge in [-0.25, -0.2) is 0 Å². The van der Waals surface area contributed by atoms with Crippen molar-refractivity contribution in [2.24, 2.45) is 0 Å². The molecule has 0 amide bonds. The van der Waals surface area contributed by atoms with Gasteiger partial charge in [-0.2, -0.15) is 0 Å². The highest BCUT2D eigenvalue weighted by Crippen LogP contribution is 2.63. The molecule has 4 aliphatic rings. The molecule has 0 saturated carbocycles. The van der Waals surface area contributed by atoms with Gasteiger partial charge in [0, 0.05) is 0 Å². The van der Waals surface area contributed by atoms with Gasteiger partial charge >= 0.3 is 0 Å². The molecule has 2 heteroatoms. The first-order valence-electron chi connectivity index (χ1n) is 8.14. The van der Waals surface area contributed by atoms with Crippen LogP contribution in [0.2, 0.25) is 0 Å². The normalized spacial score (nSPS) is 45.7. The average molecular weight is 294 g/mol. The number of ether oxygens (including phenoxy) is 2. The van der Waals surface area contributed by atoms with Crippen molar-refractivity contribution in [3.63, 3.8) is 0 Å². The number of fused-ring (bicyclic) bond motifs is 10. The zero-order chi connectivity index (χ0) is 15.7. The molecule has 4 atom stereocenters. The highest BCUT2D eigenvalue weighted by molar-refractivity contribution is 5.67. The van der Waals surface area contributed by atoms with E-state index >= 15 is 0 Å². The first-order chi connectivity index (χ1) is 10.1. The minimum absolute atomic E-state index is 0.295. The van der Waals surface area contributed by atoms with E-state index in [0.717, 1.165) is 0 Å². The molecule has 0 aliphatic carbocycles. The van der Waals surface area contributed by atoms with E-state index in [0.29, 0.717) is 0 Å². The van der Waals surface area contributed by atoms with E-state index in [1.165, 1.54) is 33.4 Å². The van der Waals surface area contributed by atoms with Crippen molar-refractivity contribution in [3.05, 3.63) is 57.7 Å². The van der Waals surface area contributed by atoms with Gasteiger partial charge in [0.1, 0.15) is 22.4 Å². The van der Waals surface area contributed by atoms with Crippen LogP contribution in [0.15, 0.2) is 24.3 Å². The predicted molar refractivity (Wildman–Crippen MR) is 85.8 cm³/mol. The van der Waals surface area contributed by atoms with E-state index in [4.69, 9.17) is 9.47 Å². The Balaban J connectivity index is 1.97. The molecule has 1 aromatic carbocycles. The maximum absolute atomic E-state index is 6.44. The molecule has 0 radical (unpaired) electrons. The van der Waals surface area contributed by atoms with Crippen molar-refractivity contribution in [2.75, 3.05) is 0 Å². The summed E-state index contributed by atoms with van der Waals surface area (Å²) >= 11 is 0. The van der Waals surface area contributed by atoms with E-state index < -0.39 is 0 Å². The van der Waals surface area contributed by atoms with Crippen LogP contribution in [0.4, 0.5) is 0 Å². The lowest BCUT2D eigenvalue weighted by Gasteiger charge is -2.30. The summed E-state index contributed by atoms with van der Waals surface area (Å²) in [5.41, 5.74) is 6.97. The van der Waals surface area contributed by atoms with Crippen LogP contribution in [-0.2, 0) is 31.9 Å². The standard InChI is InChI=1S/C20H22O2/c1-11-13-15(19(5)9-7-17(13,3)21-19)12(2)16-14(11)18(4)8-10-20(16,6)22-18/h7-10H,1-6H3. The van der Waals surface area contributed by atoms with E-state index in [-0.39, 0.29) is 22.4 Å². The third kappa shape index (κ3) is 1.10. The quantitative estimate of drug-likeness (QED) is 0.662. The number of hydrogen-bond donors (Lipinski definition) is 0. The van der Waals surface area contributed by atoms with Crippen molar-refractivity contribution in [3.8, 4) is 0 Å². The Bertz CT molecular complexity index is 703. The zero-order valence-corrected chi connectivity index (χ0v) is 14.1. The van der Waals surface area contributed by atoms with Crippen LogP contribution in [0.5, 0.6) is 0 Å². The second-order valence-electron chi connectivity index (χ2n) is 8.05. The predicted octanol–water partition coefficient (Wildman–Crippen LogP) is 4.36. The van der Waals surface area contributed by atoms with Crippen molar-refractivity contribution < 1.29 is 9.47 Å². The highest BCUT2D eigenvalue weighted by atomic mass is 16.5. The molecule has 4 unspecified atom stereocenters. The summed E-state index contributed by atoms with van der Waals surface area (Å²) < 4.78 is 12.9. The van der Waals surface area contributed by atoms with Crippen molar-refractivity contribution >= 4 is 0 Å². The Morgan fingerprint density at radius 3 is 1.00 bits per heavy atom. The zero-order valence-electron chi connectivity index (χ0n) is 14.1. The second kappa shape index (κ2) is 3.13. The number of hydrogen-bond acceptors (Lipinski definition) is 2. The lowest BCUT2D eigenvalue weighted by atomic mass is 9.70. The molecule has 0 saturated heterocycles. The molecule has 0 N–H and O–H groups in total. The highest BCUT2D eigenvalue weighted by Gasteiger charge is 2.58. The Hall–Kier alpha value is -1.38. The fourth-order valence-corrected chi connectivity index (χ4v) is 5.67. The van der Waals surface area contributed by atoms with E-state index in [1.807, 2.05) is 0 Å². The summed E-state index contributed by atoms with van der Waals surface area (Å²) in [4.78, 5) is 0. The largest absolute Gasteiger partial charge is 0.351 e. The molecule has 1 aromatic rings. The molecular formula is C20H22O2. The van der Waals surface area contributed by atoms with Crippen molar-refractivity contribution in [1.29, 1.82) is 0 Å². The number of benzene rings is 1. The Kier molecular flexibility index (Phi) is 1.86. The van der Waals surface area contributed by atoms with Gasteiger partial charge < -0.3 is 9.47 Å². The van der Waals surface area contributed by atoms with Crippen LogP contribution in [-0.4, -0.2) is 0 Å². The Morgan fingerprint density at radius 2 is 0.773 bits per heavy atom. The van der Waals surface area contributed by atoms with Gasteiger partial charge in [0.2, 0.25) is 0 Å². The summed E-state index contributed by atoms with van der Waals surface area (Å²) in [6.45, 7) is 13.2. The summed E-state index contributed by atoms with van der Waals surface area (Å²) in [5.74, 6) is 0. The Labute approximate surface area is 131 Å². The van der Waals surface area contributed by atoms with Gasteiger partial charge in [0.25, 0.3) is 0 Å². The number of rotatable bonds is 0. The monoisotopic (exact) mass is 294 g/mol. The van der Waals surface area contributed by atoms with E-state index in [9.17, 15) is 0 Å². The molecule has 22 heavy (non-hydrogen) atoms. The SMILES string of the molecule is Cc1c2c(c(C)c3c1C1(C)C=CC3(C)O1)C1(C)C=CC2(C)O1. The van der Waals surface area contributed by atoms with Crippen LogP contribution in [0.3, 0.4) is 0 Å². The van der Waals surface area contributed by atoms with Crippen molar-refractivity contribution in [1.82, 2.24) is 0 Å². The Morgan fingerprint density at radius 1 is 0.545 bits per heavy atom. The third-order valence-electron chi connectivity index (χ3n) is 6.27. The first-order valence-corrected chi connectivity index (χ1v) is 8.14. The lowest BCUT2D eigenvalue weighted by Crippen LogP contribution is -2.24. The third-order valence-corrected chi connectivity index (χ3v) is 6.27. The molecule has 5 rings (SSSR count). The molecule has 2 nitrogen and oxygen atoms in total. The fourth-order valence-electron chi connectivity index (χ4n) is 5.67. The molecule has 114 valence electrons. The van der Waals surface area contributed by atoms with Crippen LogP contribution >= 0.6 is 0 Å². The molecule has 4 bridgehead atoms. The maximum atomic E-state index is 6.44. The average Bonchev–Trinajstić information content (AvgIpc) is 3.04. The minimum Gasteiger partial charge on any atom is -0.351 e. The molecular weight excluding hydrogens is 272 g/mol. The van der Waals surface area contributed by atoms with Crippen LogP contribution in [0.25, 0.3) is 0 Å². The van der Waals surface area contributed by atoms with E-state index in [1.54, 1.807) is 0 Å². The topological polar surface area (TPSA) is 18.5 Å². The molecule has 0 aromatic heterocycles. The van der Waals surface area contributed by atoms with Gasteiger partial charge in [-0.3, -0.25) is 0 Å². The maximum Gasteiger partial charge on any atom is 0.111 e. The fraction of sp³-hybridized carbons (Fsp3) is 0.500.